The van der Waals surface area contributed by atoms with E-state index < -0.39 is 12.1 Å². The summed E-state index contributed by atoms with van der Waals surface area (Å²) in [6.45, 7) is 1.69. The molecule has 0 aliphatic heterocycles. The van der Waals surface area contributed by atoms with Gasteiger partial charge in [0.2, 0.25) is 0 Å². The topological polar surface area (TPSA) is 83.6 Å². The Morgan fingerprint density at radius 2 is 2.29 bits per heavy atom. The van der Waals surface area contributed by atoms with Gasteiger partial charge in [0.1, 0.15) is 5.52 Å². The summed E-state index contributed by atoms with van der Waals surface area (Å²) in [4.78, 5) is 15.1. The molecule has 0 radical (unpaired) electrons. The Balaban J connectivity index is 2.36. The highest BCUT2D eigenvalue weighted by Crippen LogP contribution is 2.20. The molecule has 0 saturated carbocycles. The third kappa shape index (κ3) is 2.45. The Kier molecular flexibility index (Phi) is 3.10. The Bertz CT molecular complexity index is 544. The van der Waals surface area contributed by atoms with E-state index in [0.29, 0.717) is 29.8 Å². The van der Waals surface area contributed by atoms with Crippen LogP contribution in [-0.2, 0) is 6.42 Å². The molecular weight excluding hydrogens is 222 g/mol. The highest BCUT2D eigenvalue weighted by atomic mass is 16.4. The number of aromatic nitrogens is 1. The molecule has 90 valence electrons. The molecule has 1 heterocycles. The Morgan fingerprint density at radius 1 is 1.53 bits per heavy atom. The van der Waals surface area contributed by atoms with E-state index in [9.17, 15) is 4.79 Å². The second-order valence-corrected chi connectivity index (χ2v) is 3.95. The molecular formula is C12H13NO4. The minimum Gasteiger partial charge on any atom is -0.478 e. The van der Waals surface area contributed by atoms with Crippen molar-refractivity contribution in [3.8, 4) is 0 Å². The minimum atomic E-state index is -1.02. The molecule has 0 aliphatic carbocycles. The van der Waals surface area contributed by atoms with Crippen LogP contribution in [0.1, 0.15) is 29.6 Å². The predicted molar refractivity (Wildman–Crippen MR) is 61.0 cm³/mol. The first-order valence-corrected chi connectivity index (χ1v) is 5.37. The van der Waals surface area contributed by atoms with E-state index in [-0.39, 0.29) is 5.56 Å². The van der Waals surface area contributed by atoms with Gasteiger partial charge in [0.25, 0.3) is 0 Å². The van der Waals surface area contributed by atoms with Gasteiger partial charge < -0.3 is 14.6 Å². The molecule has 0 amide bonds. The van der Waals surface area contributed by atoms with Crippen LogP contribution < -0.4 is 0 Å². The number of fused-ring (bicyclic) bond motifs is 1. The summed E-state index contributed by atoms with van der Waals surface area (Å²) >= 11 is 0. The number of benzene rings is 1. The van der Waals surface area contributed by atoms with Crippen molar-refractivity contribution in [1.82, 2.24) is 4.98 Å². The van der Waals surface area contributed by atoms with Gasteiger partial charge in [-0.05, 0) is 25.5 Å². The van der Waals surface area contributed by atoms with Crippen LogP contribution in [0.3, 0.4) is 0 Å². The van der Waals surface area contributed by atoms with Crippen molar-refractivity contribution in [3.05, 3.63) is 29.7 Å². The van der Waals surface area contributed by atoms with Crippen LogP contribution in [0.2, 0.25) is 0 Å². The number of aliphatic hydroxyl groups excluding tert-OH is 1. The average molecular weight is 235 g/mol. The Hall–Kier alpha value is -1.88. The van der Waals surface area contributed by atoms with Gasteiger partial charge in [-0.2, -0.15) is 0 Å². The van der Waals surface area contributed by atoms with Crippen LogP contribution in [0, 0.1) is 0 Å². The molecule has 2 rings (SSSR count). The number of aliphatic hydroxyl groups is 1. The standard InChI is InChI=1S/C12H13NO4/c1-7(14)5-6-10-13-11-8(12(15)16)3-2-4-9(11)17-10/h2-4,7,14H,5-6H2,1H3,(H,15,16). The highest BCUT2D eigenvalue weighted by Gasteiger charge is 2.14. The van der Waals surface area contributed by atoms with Crippen molar-refractivity contribution in [1.29, 1.82) is 0 Å². The number of rotatable bonds is 4. The summed E-state index contributed by atoms with van der Waals surface area (Å²) in [6.07, 6.45) is 0.602. The van der Waals surface area contributed by atoms with Crippen LogP contribution in [0.15, 0.2) is 22.6 Å². The molecule has 1 atom stereocenters. The van der Waals surface area contributed by atoms with E-state index in [4.69, 9.17) is 14.6 Å². The zero-order chi connectivity index (χ0) is 12.4. The first-order valence-electron chi connectivity index (χ1n) is 5.37. The molecule has 5 nitrogen and oxygen atoms in total. The summed E-state index contributed by atoms with van der Waals surface area (Å²) in [5.74, 6) is -0.569. The monoisotopic (exact) mass is 235 g/mol. The fourth-order valence-electron chi connectivity index (χ4n) is 1.61. The van der Waals surface area contributed by atoms with Crippen LogP contribution in [-0.4, -0.2) is 27.3 Å². The maximum Gasteiger partial charge on any atom is 0.338 e. The predicted octanol–water partition coefficient (Wildman–Crippen LogP) is 1.84. The van der Waals surface area contributed by atoms with Gasteiger partial charge in [0.15, 0.2) is 11.5 Å². The maximum atomic E-state index is 11.0. The molecule has 2 aromatic rings. The number of para-hydroxylation sites is 1. The van der Waals surface area contributed by atoms with Gasteiger partial charge in [-0.25, -0.2) is 9.78 Å². The summed E-state index contributed by atoms with van der Waals surface area (Å²) in [7, 11) is 0. The lowest BCUT2D eigenvalue weighted by Gasteiger charge is -1.98. The largest absolute Gasteiger partial charge is 0.478 e. The van der Waals surface area contributed by atoms with Crippen molar-refractivity contribution in [2.45, 2.75) is 25.9 Å². The number of carboxylic acids is 1. The minimum absolute atomic E-state index is 0.134. The van der Waals surface area contributed by atoms with E-state index in [1.807, 2.05) is 0 Å². The van der Waals surface area contributed by atoms with Gasteiger partial charge in [-0.15, -0.1) is 0 Å². The van der Waals surface area contributed by atoms with Crippen molar-refractivity contribution >= 4 is 17.1 Å². The quantitative estimate of drug-likeness (QED) is 0.844. The number of aromatic carboxylic acids is 1. The number of carbonyl (C=O) groups is 1. The number of hydrogen-bond donors (Lipinski definition) is 2. The Morgan fingerprint density at radius 3 is 2.94 bits per heavy atom. The molecule has 0 bridgehead atoms. The molecule has 1 unspecified atom stereocenters. The van der Waals surface area contributed by atoms with Gasteiger partial charge in [0, 0.05) is 6.42 Å². The lowest BCUT2D eigenvalue weighted by molar-refractivity contribution is 0.0699. The van der Waals surface area contributed by atoms with Gasteiger partial charge >= 0.3 is 5.97 Å². The van der Waals surface area contributed by atoms with E-state index in [0.717, 1.165) is 0 Å². The van der Waals surface area contributed by atoms with Crippen LogP contribution >= 0.6 is 0 Å². The highest BCUT2D eigenvalue weighted by molar-refractivity contribution is 6.00. The number of oxazole rings is 1. The fraction of sp³-hybridized carbons (Fsp3) is 0.333. The van der Waals surface area contributed by atoms with Crippen molar-refractivity contribution in [2.24, 2.45) is 0 Å². The number of nitrogens with zero attached hydrogens (tertiary/aromatic N) is 1. The summed E-state index contributed by atoms with van der Waals surface area (Å²) < 4.78 is 5.42. The Labute approximate surface area is 97.7 Å². The second kappa shape index (κ2) is 4.55. The van der Waals surface area contributed by atoms with E-state index in [2.05, 4.69) is 4.98 Å². The molecule has 5 heteroatoms. The van der Waals surface area contributed by atoms with Crippen LogP contribution in [0.5, 0.6) is 0 Å². The van der Waals surface area contributed by atoms with Gasteiger partial charge in [-0.1, -0.05) is 6.07 Å². The third-order valence-corrected chi connectivity index (χ3v) is 2.47. The van der Waals surface area contributed by atoms with Crippen LogP contribution in [0.4, 0.5) is 0 Å². The lowest BCUT2D eigenvalue weighted by Crippen LogP contribution is -2.01. The molecule has 0 aliphatic rings. The first kappa shape index (κ1) is 11.6. The SMILES string of the molecule is CC(O)CCc1nc2c(C(=O)O)cccc2o1. The normalized spacial score (nSPS) is 12.8. The molecule has 0 spiro atoms. The number of carboxylic acid groups (broad SMARTS) is 1. The van der Waals surface area contributed by atoms with Crippen molar-refractivity contribution in [3.63, 3.8) is 0 Å². The van der Waals surface area contributed by atoms with Gasteiger partial charge in [-0.3, -0.25) is 0 Å². The summed E-state index contributed by atoms with van der Waals surface area (Å²) in [5, 5.41) is 18.2. The van der Waals surface area contributed by atoms with Crippen molar-refractivity contribution in [2.75, 3.05) is 0 Å². The zero-order valence-electron chi connectivity index (χ0n) is 9.38. The average Bonchev–Trinajstić information content (AvgIpc) is 2.68. The molecule has 17 heavy (non-hydrogen) atoms. The molecule has 1 aromatic heterocycles. The fourth-order valence-corrected chi connectivity index (χ4v) is 1.61. The van der Waals surface area contributed by atoms with E-state index >= 15 is 0 Å². The van der Waals surface area contributed by atoms with Crippen LogP contribution in [0.25, 0.3) is 11.1 Å². The summed E-state index contributed by atoms with van der Waals surface area (Å²) in [6, 6.07) is 4.79. The van der Waals surface area contributed by atoms with E-state index in [1.54, 1.807) is 19.1 Å². The number of aryl methyl sites for hydroxylation is 1. The molecule has 2 N–H and O–H groups in total. The molecule has 0 saturated heterocycles. The number of hydrogen-bond acceptors (Lipinski definition) is 4. The van der Waals surface area contributed by atoms with Gasteiger partial charge in [0.05, 0.1) is 11.7 Å². The summed E-state index contributed by atoms with van der Waals surface area (Å²) in [5.41, 5.74) is 0.959. The molecule has 1 aromatic carbocycles. The molecule has 0 fully saturated rings. The first-order chi connectivity index (χ1) is 8.08. The maximum absolute atomic E-state index is 11.0. The lowest BCUT2D eigenvalue weighted by atomic mass is 10.2. The zero-order valence-corrected chi connectivity index (χ0v) is 9.38. The smallest absolute Gasteiger partial charge is 0.338 e. The second-order valence-electron chi connectivity index (χ2n) is 3.95. The third-order valence-electron chi connectivity index (χ3n) is 2.47. The van der Waals surface area contributed by atoms with Crippen molar-refractivity contribution < 1.29 is 19.4 Å². The van der Waals surface area contributed by atoms with E-state index in [1.165, 1.54) is 6.07 Å².